The van der Waals surface area contributed by atoms with Gasteiger partial charge in [0.25, 0.3) is 10.1 Å². The van der Waals surface area contributed by atoms with Gasteiger partial charge in [-0.2, -0.15) is 13.4 Å². The van der Waals surface area contributed by atoms with Gasteiger partial charge < -0.3 is 10.4 Å². The molecule has 2 aromatic heterocycles. The first-order valence-corrected chi connectivity index (χ1v) is 11.0. The highest BCUT2D eigenvalue weighted by Gasteiger charge is 2.15. The topological polar surface area (TPSA) is 149 Å². The van der Waals surface area contributed by atoms with Gasteiger partial charge in [-0.25, -0.2) is 4.98 Å². The van der Waals surface area contributed by atoms with E-state index in [1.54, 1.807) is 18.3 Å². The molecule has 164 valence electrons. The van der Waals surface area contributed by atoms with Crippen LogP contribution in [0.1, 0.15) is 13.8 Å². The van der Waals surface area contributed by atoms with Crippen LogP contribution in [0.5, 0.6) is 0 Å². The van der Waals surface area contributed by atoms with Crippen molar-refractivity contribution in [3.63, 3.8) is 0 Å². The quantitative estimate of drug-likeness (QED) is 0.246. The number of anilines is 3. The third-order valence-corrected chi connectivity index (χ3v) is 5.32. The predicted octanol–water partition coefficient (Wildman–Crippen LogP) is 2.65. The molecule has 1 aromatic carbocycles. The van der Waals surface area contributed by atoms with E-state index in [0.29, 0.717) is 28.8 Å². The maximum atomic E-state index is 11.2. The Bertz CT molecular complexity index is 1110. The lowest BCUT2D eigenvalue weighted by Crippen LogP contribution is -2.30. The molecule has 0 aliphatic rings. The number of aromatic nitrogens is 3. The molecule has 0 spiro atoms. The summed E-state index contributed by atoms with van der Waals surface area (Å²) in [6.07, 6.45) is 1.66. The van der Waals surface area contributed by atoms with Crippen LogP contribution in [0, 0.1) is 5.92 Å². The van der Waals surface area contributed by atoms with E-state index >= 15 is 0 Å². The van der Waals surface area contributed by atoms with Crippen molar-refractivity contribution in [1.82, 2.24) is 15.0 Å². The molecule has 0 unspecified atom stereocenters. The van der Waals surface area contributed by atoms with E-state index in [1.165, 1.54) is 24.3 Å². The summed E-state index contributed by atoms with van der Waals surface area (Å²) in [5.41, 5.74) is 7.64. The van der Waals surface area contributed by atoms with E-state index in [-0.39, 0.29) is 23.5 Å². The smallest absolute Gasteiger partial charge is 0.294 e. The third kappa shape index (κ3) is 6.10. The molecule has 3 aromatic rings. The van der Waals surface area contributed by atoms with Crippen molar-refractivity contribution in [2.75, 3.05) is 22.8 Å². The Morgan fingerprint density at radius 2 is 1.74 bits per heavy atom. The second-order valence-corrected chi connectivity index (χ2v) is 8.53. The molecular formula is C20H24N6O4S. The summed E-state index contributed by atoms with van der Waals surface area (Å²) in [7, 11) is -4.25. The largest absolute Gasteiger partial charge is 0.394 e. The molecule has 0 aliphatic carbocycles. The average molecular weight is 445 g/mol. The summed E-state index contributed by atoms with van der Waals surface area (Å²) in [4.78, 5) is 13.1. The lowest BCUT2D eigenvalue weighted by atomic mass is 10.1. The van der Waals surface area contributed by atoms with Crippen LogP contribution in [0.15, 0.2) is 59.6 Å². The lowest BCUT2D eigenvalue weighted by molar-refractivity contribution is 0.248. The zero-order chi connectivity index (χ0) is 22.4. The van der Waals surface area contributed by atoms with Gasteiger partial charge in [0.05, 0.1) is 34.6 Å². The predicted molar refractivity (Wildman–Crippen MR) is 118 cm³/mol. The van der Waals surface area contributed by atoms with Crippen LogP contribution in [-0.4, -0.2) is 45.7 Å². The Hall–Kier alpha value is -3.28. The summed E-state index contributed by atoms with van der Waals surface area (Å²) in [6.45, 7) is 3.89. The van der Waals surface area contributed by atoms with E-state index in [2.05, 4.69) is 31.1 Å². The fourth-order valence-corrected chi connectivity index (χ4v) is 3.14. The van der Waals surface area contributed by atoms with Gasteiger partial charge in [0, 0.05) is 12.3 Å². The van der Waals surface area contributed by atoms with Crippen LogP contribution in [0.4, 0.5) is 17.5 Å². The van der Waals surface area contributed by atoms with E-state index in [9.17, 15) is 13.5 Å². The molecule has 0 saturated heterocycles. The molecule has 10 nitrogen and oxygen atoms in total. The second-order valence-electron chi connectivity index (χ2n) is 7.10. The number of pyridine rings is 1. The van der Waals surface area contributed by atoms with Crippen LogP contribution in [-0.2, 0) is 10.1 Å². The molecule has 0 aliphatic heterocycles. The number of hydrazine groups is 1. The molecule has 0 amide bonds. The van der Waals surface area contributed by atoms with Crippen molar-refractivity contribution < 1.29 is 18.1 Å². The Morgan fingerprint density at radius 1 is 1.00 bits per heavy atom. The number of hydrogen-bond acceptors (Lipinski definition) is 9. The molecule has 1 atom stereocenters. The molecule has 5 N–H and O–H groups in total. The van der Waals surface area contributed by atoms with Gasteiger partial charge in [0.15, 0.2) is 5.82 Å². The zero-order valence-corrected chi connectivity index (χ0v) is 17.8. The molecule has 0 radical (unpaired) electrons. The van der Waals surface area contributed by atoms with Crippen LogP contribution in [0.25, 0.3) is 11.4 Å². The van der Waals surface area contributed by atoms with Crippen LogP contribution in [0.2, 0.25) is 0 Å². The average Bonchev–Trinajstić information content (AvgIpc) is 2.76. The Balaban J connectivity index is 1.85. The van der Waals surface area contributed by atoms with E-state index < -0.39 is 10.1 Å². The molecular weight excluding hydrogens is 420 g/mol. The van der Waals surface area contributed by atoms with E-state index in [0.717, 1.165) is 0 Å². The number of hydrogen-bond donors (Lipinski definition) is 5. The van der Waals surface area contributed by atoms with Crippen molar-refractivity contribution in [2.45, 2.75) is 24.8 Å². The van der Waals surface area contributed by atoms with Crippen molar-refractivity contribution in [1.29, 1.82) is 0 Å². The monoisotopic (exact) mass is 444 g/mol. The molecule has 3 rings (SSSR count). The Labute approximate surface area is 180 Å². The van der Waals surface area contributed by atoms with Crippen molar-refractivity contribution >= 4 is 27.6 Å². The van der Waals surface area contributed by atoms with Gasteiger partial charge in [-0.1, -0.05) is 19.9 Å². The number of aliphatic hydroxyl groups excluding tert-OH is 1. The number of rotatable bonds is 9. The van der Waals surface area contributed by atoms with Gasteiger partial charge in [0.2, 0.25) is 5.95 Å². The van der Waals surface area contributed by atoms with Crippen LogP contribution >= 0.6 is 0 Å². The highest BCUT2D eigenvalue weighted by atomic mass is 32.2. The van der Waals surface area contributed by atoms with Crippen LogP contribution in [0.3, 0.4) is 0 Å². The number of nitrogens with zero attached hydrogens (tertiary/aromatic N) is 3. The van der Waals surface area contributed by atoms with Gasteiger partial charge in [-0.3, -0.25) is 20.4 Å². The van der Waals surface area contributed by atoms with Crippen molar-refractivity contribution in [3.05, 3.63) is 54.7 Å². The summed E-state index contributed by atoms with van der Waals surface area (Å²) >= 11 is 0. The summed E-state index contributed by atoms with van der Waals surface area (Å²) in [6, 6.07) is 12.5. The second kappa shape index (κ2) is 9.69. The standard InChI is InChI=1S/C20H24N6O4S/c1-13(2)18(12-27)23-20-22-17(16-5-3-4-10-21-16)11-19(24-20)26-25-14-6-8-15(9-7-14)31(28,29)30/h3-11,13,18,25,27H,12H2,1-2H3,(H,28,29,30)(H2,22,23,24,26)/t18-/m1/s1. The van der Waals surface area contributed by atoms with Gasteiger partial charge in [0.1, 0.15) is 0 Å². The number of nitrogens with one attached hydrogen (secondary N) is 3. The maximum Gasteiger partial charge on any atom is 0.294 e. The first-order chi connectivity index (χ1) is 14.8. The molecule has 31 heavy (non-hydrogen) atoms. The first-order valence-electron chi connectivity index (χ1n) is 9.53. The van der Waals surface area contributed by atoms with E-state index in [1.807, 2.05) is 26.0 Å². The minimum absolute atomic E-state index is 0.0734. The van der Waals surface area contributed by atoms with Crippen molar-refractivity contribution in [2.24, 2.45) is 5.92 Å². The summed E-state index contributed by atoms with van der Waals surface area (Å²) in [5.74, 6) is 0.905. The lowest BCUT2D eigenvalue weighted by Gasteiger charge is -2.20. The van der Waals surface area contributed by atoms with E-state index in [4.69, 9.17) is 4.55 Å². The van der Waals surface area contributed by atoms with Gasteiger partial charge >= 0.3 is 0 Å². The minimum atomic E-state index is -4.25. The normalized spacial score (nSPS) is 12.4. The molecule has 11 heteroatoms. The highest BCUT2D eigenvalue weighted by molar-refractivity contribution is 7.85. The SMILES string of the molecule is CC(C)[C@@H](CO)Nc1nc(NNc2ccc(S(=O)(=O)O)cc2)cc(-c2ccccn2)n1. The van der Waals surface area contributed by atoms with Gasteiger partial charge in [-0.15, -0.1) is 0 Å². The highest BCUT2D eigenvalue weighted by Crippen LogP contribution is 2.21. The summed E-state index contributed by atoms with van der Waals surface area (Å²) < 4.78 is 31.4. The number of aliphatic hydroxyl groups is 1. The molecule has 2 heterocycles. The Kier molecular flexibility index (Phi) is 7.00. The van der Waals surface area contributed by atoms with Crippen LogP contribution < -0.4 is 16.2 Å². The maximum absolute atomic E-state index is 11.2. The Morgan fingerprint density at radius 3 is 2.32 bits per heavy atom. The van der Waals surface area contributed by atoms with Gasteiger partial charge in [-0.05, 0) is 42.3 Å². The third-order valence-electron chi connectivity index (χ3n) is 4.46. The summed E-state index contributed by atoms with van der Waals surface area (Å²) in [5, 5.41) is 12.8. The molecule has 0 bridgehead atoms. The number of benzene rings is 1. The minimum Gasteiger partial charge on any atom is -0.394 e. The molecule has 0 saturated carbocycles. The van der Waals surface area contributed by atoms with Crippen molar-refractivity contribution in [3.8, 4) is 11.4 Å². The molecule has 0 fully saturated rings. The first kappa shape index (κ1) is 22.4. The fourth-order valence-electron chi connectivity index (χ4n) is 2.66. The fraction of sp³-hybridized carbons (Fsp3) is 0.250. The zero-order valence-electron chi connectivity index (χ0n) is 17.0.